The molecule has 0 amide bonds. The zero-order chi connectivity index (χ0) is 26.5. The molecule has 0 aromatic heterocycles. The highest BCUT2D eigenvalue weighted by molar-refractivity contribution is 5.89. The second-order valence-electron chi connectivity index (χ2n) is 11.4. The van der Waals surface area contributed by atoms with Crippen LogP contribution in [0.15, 0.2) is 54.6 Å². The topological polar surface area (TPSA) is 123 Å². The number of nitriles is 3. The van der Waals surface area contributed by atoms with Gasteiger partial charge in [-0.25, -0.2) is 0 Å². The Morgan fingerprint density at radius 3 is 2.41 bits per heavy atom. The summed E-state index contributed by atoms with van der Waals surface area (Å²) in [6.07, 6.45) is 0.734. The summed E-state index contributed by atoms with van der Waals surface area (Å²) in [5.41, 5.74) is -2.21. The van der Waals surface area contributed by atoms with E-state index >= 15 is 0 Å². The van der Waals surface area contributed by atoms with Gasteiger partial charge in [0.15, 0.2) is 5.41 Å². The van der Waals surface area contributed by atoms with Crippen LogP contribution in [0.3, 0.4) is 0 Å². The van der Waals surface area contributed by atoms with Gasteiger partial charge in [0.2, 0.25) is 17.1 Å². The quantitative estimate of drug-likeness (QED) is 0.552. The molecule has 1 aliphatic carbocycles. The maximum absolute atomic E-state index is 10.6. The van der Waals surface area contributed by atoms with Gasteiger partial charge in [0.1, 0.15) is 18.5 Å². The highest BCUT2D eigenvalue weighted by atomic mass is 16.7. The van der Waals surface area contributed by atoms with Crippen molar-refractivity contribution in [1.82, 2.24) is 0 Å². The smallest absolute Gasteiger partial charge is 0.217 e. The molecule has 2 bridgehead atoms. The van der Waals surface area contributed by atoms with Gasteiger partial charge in [0.25, 0.3) is 0 Å². The lowest BCUT2D eigenvalue weighted by Gasteiger charge is -2.54. The lowest BCUT2D eigenvalue weighted by molar-refractivity contribution is -0.301. The third kappa shape index (κ3) is 3.51. The highest BCUT2D eigenvalue weighted by Gasteiger charge is 2.81. The van der Waals surface area contributed by atoms with Crippen molar-refractivity contribution >= 4 is 5.90 Å². The Morgan fingerprint density at radius 2 is 1.76 bits per heavy atom. The van der Waals surface area contributed by atoms with Crippen molar-refractivity contribution in [3.63, 3.8) is 0 Å². The van der Waals surface area contributed by atoms with E-state index in [1.807, 2.05) is 30.3 Å². The monoisotopic (exact) mass is 494 g/mol. The molecular formula is C30H30N4O3. The van der Waals surface area contributed by atoms with E-state index in [0.717, 1.165) is 12.0 Å². The van der Waals surface area contributed by atoms with E-state index in [9.17, 15) is 15.8 Å². The molecule has 5 unspecified atom stereocenters. The fourth-order valence-corrected chi connectivity index (χ4v) is 6.43. The third-order valence-corrected chi connectivity index (χ3v) is 8.54. The standard InChI is InChI=1S/C30H30N4O3/c1-27(2,3)22-12-13-30-24(15-22)29(19-33,26(34)37-30)28(17-31,18-32)25(36-30)21-10-7-11-23(14-21)35-16-20-8-5-4-6-9-20/h4-11,14,22,24-25,34H,12-13,15-16H2,1-3H3. The van der Waals surface area contributed by atoms with Crippen LogP contribution in [0.4, 0.5) is 0 Å². The molecule has 1 saturated carbocycles. The Hall–Kier alpha value is -3.86. The highest BCUT2D eigenvalue weighted by Crippen LogP contribution is 2.70. The van der Waals surface area contributed by atoms with Gasteiger partial charge in [0.05, 0.1) is 24.1 Å². The van der Waals surface area contributed by atoms with Gasteiger partial charge in [-0.1, -0.05) is 63.2 Å². The van der Waals surface area contributed by atoms with Crippen LogP contribution in [-0.4, -0.2) is 11.7 Å². The van der Waals surface area contributed by atoms with Crippen molar-refractivity contribution in [2.45, 2.75) is 58.5 Å². The summed E-state index contributed by atoms with van der Waals surface area (Å²) in [4.78, 5) is 0. The minimum atomic E-state index is -1.97. The van der Waals surface area contributed by atoms with Gasteiger partial charge < -0.3 is 14.2 Å². The summed E-state index contributed by atoms with van der Waals surface area (Å²) in [6.45, 7) is 6.81. The molecule has 5 atom stereocenters. The van der Waals surface area contributed by atoms with Gasteiger partial charge >= 0.3 is 0 Å². The first-order chi connectivity index (χ1) is 17.7. The lowest BCUT2D eigenvalue weighted by Crippen LogP contribution is -2.61. The molecule has 2 aromatic rings. The van der Waals surface area contributed by atoms with Gasteiger partial charge in [-0.15, -0.1) is 0 Å². The zero-order valence-electron chi connectivity index (χ0n) is 21.3. The van der Waals surface area contributed by atoms with Crippen molar-refractivity contribution in [2.75, 3.05) is 0 Å². The predicted molar refractivity (Wildman–Crippen MR) is 135 cm³/mol. The van der Waals surface area contributed by atoms with Gasteiger partial charge in [-0.05, 0) is 47.4 Å². The van der Waals surface area contributed by atoms with Crippen LogP contribution < -0.4 is 4.74 Å². The maximum atomic E-state index is 10.6. The van der Waals surface area contributed by atoms with E-state index in [2.05, 4.69) is 39.0 Å². The summed E-state index contributed by atoms with van der Waals surface area (Å²) in [7, 11) is 0. The molecule has 7 heteroatoms. The molecule has 2 aliphatic heterocycles. The van der Waals surface area contributed by atoms with Gasteiger partial charge in [-0.3, -0.25) is 5.41 Å². The summed E-state index contributed by atoms with van der Waals surface area (Å²) in [5, 5.41) is 40.6. The minimum absolute atomic E-state index is 0.0386. The number of hydrogen-bond acceptors (Lipinski definition) is 7. The molecule has 3 fully saturated rings. The molecule has 5 rings (SSSR count). The number of rotatable bonds is 4. The minimum Gasteiger partial charge on any atom is -0.489 e. The van der Waals surface area contributed by atoms with Crippen molar-refractivity contribution in [1.29, 1.82) is 21.2 Å². The lowest BCUT2D eigenvalue weighted by atomic mass is 9.49. The first-order valence-electron chi connectivity index (χ1n) is 12.6. The van der Waals surface area contributed by atoms with Gasteiger partial charge in [-0.2, -0.15) is 15.8 Å². The van der Waals surface area contributed by atoms with Crippen LogP contribution in [0.1, 0.15) is 57.3 Å². The molecular weight excluding hydrogens is 464 g/mol. The number of ether oxygens (including phenoxy) is 3. The first-order valence-corrected chi connectivity index (χ1v) is 12.6. The van der Waals surface area contributed by atoms with Crippen molar-refractivity contribution in [2.24, 2.45) is 28.1 Å². The number of hydrogen-bond donors (Lipinski definition) is 1. The summed E-state index contributed by atoms with van der Waals surface area (Å²) in [5.74, 6) is -1.37. The van der Waals surface area contributed by atoms with Crippen molar-refractivity contribution in [3.05, 3.63) is 65.7 Å². The molecule has 188 valence electrons. The first kappa shape index (κ1) is 24.8. The molecule has 1 N–H and O–H groups in total. The Morgan fingerprint density at radius 1 is 1.03 bits per heavy atom. The average molecular weight is 495 g/mol. The molecule has 2 aromatic carbocycles. The predicted octanol–water partition coefficient (Wildman–Crippen LogP) is 6.05. The molecule has 2 heterocycles. The Kier molecular flexibility index (Phi) is 5.78. The molecule has 2 saturated heterocycles. The molecule has 0 spiro atoms. The van der Waals surface area contributed by atoms with Crippen LogP contribution in [-0.2, 0) is 16.1 Å². The SMILES string of the molecule is CC(C)(C)C1CCC23OC(=N)C(C#N)(C2C1)C(C#N)(C#N)C(c1cccc(OCc2ccccc2)c1)O3. The van der Waals surface area contributed by atoms with Crippen LogP contribution in [0.5, 0.6) is 5.75 Å². The second-order valence-corrected chi connectivity index (χ2v) is 11.4. The molecule has 0 radical (unpaired) electrons. The normalized spacial score (nSPS) is 31.7. The molecule has 7 nitrogen and oxygen atoms in total. The average Bonchev–Trinajstić information content (AvgIpc) is 3.11. The van der Waals surface area contributed by atoms with E-state index < -0.39 is 28.6 Å². The Balaban J connectivity index is 1.57. The molecule has 37 heavy (non-hydrogen) atoms. The molecule has 3 aliphatic rings. The van der Waals surface area contributed by atoms with Crippen molar-refractivity contribution in [3.8, 4) is 24.0 Å². The van der Waals surface area contributed by atoms with Crippen LogP contribution in [0, 0.1) is 67.5 Å². The fourth-order valence-electron chi connectivity index (χ4n) is 6.43. The second kappa shape index (κ2) is 8.62. The van der Waals surface area contributed by atoms with Crippen molar-refractivity contribution < 1.29 is 14.2 Å². The van der Waals surface area contributed by atoms with E-state index in [0.29, 0.717) is 30.8 Å². The summed E-state index contributed by atoms with van der Waals surface area (Å²) in [6, 6.07) is 23.5. The third-order valence-electron chi connectivity index (χ3n) is 8.54. The van der Waals surface area contributed by atoms with E-state index in [1.165, 1.54) is 0 Å². The number of nitrogens with zero attached hydrogens (tertiary/aromatic N) is 3. The maximum Gasteiger partial charge on any atom is 0.217 e. The van der Waals surface area contributed by atoms with E-state index in [4.69, 9.17) is 19.6 Å². The number of benzene rings is 2. The Bertz CT molecular complexity index is 1330. The van der Waals surface area contributed by atoms with Crippen LogP contribution >= 0.6 is 0 Å². The van der Waals surface area contributed by atoms with E-state index in [-0.39, 0.29) is 17.2 Å². The summed E-state index contributed by atoms with van der Waals surface area (Å²) >= 11 is 0. The van der Waals surface area contributed by atoms with E-state index in [1.54, 1.807) is 24.3 Å². The van der Waals surface area contributed by atoms with Crippen LogP contribution in [0.2, 0.25) is 0 Å². The Labute approximate surface area is 217 Å². The fraction of sp³-hybridized carbons (Fsp3) is 0.467. The summed E-state index contributed by atoms with van der Waals surface area (Å²) < 4.78 is 18.7. The van der Waals surface area contributed by atoms with Gasteiger partial charge in [0, 0.05) is 6.42 Å². The largest absolute Gasteiger partial charge is 0.489 e. The van der Waals surface area contributed by atoms with Crippen LogP contribution in [0.25, 0.3) is 0 Å². The zero-order valence-corrected chi connectivity index (χ0v) is 21.3. The number of nitrogens with one attached hydrogen (secondary N) is 1.